The first-order chi connectivity index (χ1) is 14.9. The number of anilines is 1. The van der Waals surface area contributed by atoms with E-state index in [1.54, 1.807) is 0 Å². The molecule has 0 spiro atoms. The lowest BCUT2D eigenvalue weighted by atomic mass is 10.1. The molecule has 3 rings (SSSR count). The Morgan fingerprint density at radius 1 is 1.03 bits per heavy atom. The Morgan fingerprint density at radius 3 is 2.32 bits per heavy atom. The molecule has 0 radical (unpaired) electrons. The van der Waals surface area contributed by atoms with Gasteiger partial charge in [-0.1, -0.05) is 5.16 Å². The molecule has 0 aliphatic carbocycles. The van der Waals surface area contributed by atoms with Crippen molar-refractivity contribution >= 4 is 5.95 Å². The number of benzene rings is 1. The number of aliphatic hydroxyl groups is 2. The monoisotopic (exact) mass is 427 g/mol. The molecule has 0 saturated carbocycles. The standard InChI is InChI=1S/C22H29N5O4/c1-6-27(7-2)22-23-15(5)10-18(24-22)21-25-20(26-31-21)16-8-13(3)19(14(4)9-16)30-12-17(29)11-28/h8-10,17,28-29H,6-7,11-12H2,1-5H3/t17-/m0/s1. The van der Waals surface area contributed by atoms with Gasteiger partial charge in [0.25, 0.3) is 5.89 Å². The number of rotatable bonds is 9. The van der Waals surface area contributed by atoms with Crippen molar-refractivity contribution in [3.63, 3.8) is 0 Å². The minimum atomic E-state index is -0.921. The molecular weight excluding hydrogens is 398 g/mol. The molecule has 2 N–H and O–H groups in total. The van der Waals surface area contributed by atoms with Crippen molar-refractivity contribution in [3.05, 3.63) is 35.0 Å². The molecule has 9 heteroatoms. The quantitative estimate of drug-likeness (QED) is 0.531. The Kier molecular flexibility index (Phi) is 7.19. The van der Waals surface area contributed by atoms with Gasteiger partial charge >= 0.3 is 0 Å². The van der Waals surface area contributed by atoms with Gasteiger partial charge in [-0.15, -0.1) is 0 Å². The molecule has 0 unspecified atom stereocenters. The van der Waals surface area contributed by atoms with Gasteiger partial charge < -0.3 is 24.4 Å². The van der Waals surface area contributed by atoms with Crippen LogP contribution in [0.5, 0.6) is 5.75 Å². The van der Waals surface area contributed by atoms with Crippen LogP contribution in [-0.2, 0) is 0 Å². The molecule has 0 aliphatic heterocycles. The van der Waals surface area contributed by atoms with Crippen LogP contribution in [0.2, 0.25) is 0 Å². The highest BCUT2D eigenvalue weighted by Crippen LogP contribution is 2.30. The smallest absolute Gasteiger partial charge is 0.277 e. The maximum atomic E-state index is 9.53. The van der Waals surface area contributed by atoms with E-state index in [2.05, 4.69) is 38.9 Å². The van der Waals surface area contributed by atoms with Crippen molar-refractivity contribution in [2.24, 2.45) is 0 Å². The number of aryl methyl sites for hydroxylation is 3. The minimum absolute atomic E-state index is 0.0197. The number of nitrogens with zero attached hydrogens (tertiary/aromatic N) is 5. The predicted octanol–water partition coefficient (Wildman–Crippen LogP) is 2.70. The van der Waals surface area contributed by atoms with E-state index in [-0.39, 0.29) is 13.2 Å². The molecule has 0 fully saturated rings. The molecule has 31 heavy (non-hydrogen) atoms. The normalized spacial score (nSPS) is 12.1. The minimum Gasteiger partial charge on any atom is -0.490 e. The highest BCUT2D eigenvalue weighted by Gasteiger charge is 2.17. The molecule has 0 amide bonds. The Hall–Kier alpha value is -3.04. The van der Waals surface area contributed by atoms with Crippen molar-refractivity contribution in [2.75, 3.05) is 31.2 Å². The highest BCUT2D eigenvalue weighted by molar-refractivity contribution is 5.63. The zero-order valence-electron chi connectivity index (χ0n) is 18.6. The van der Waals surface area contributed by atoms with Crippen molar-refractivity contribution < 1.29 is 19.5 Å². The van der Waals surface area contributed by atoms with Gasteiger partial charge in [0.1, 0.15) is 24.2 Å². The number of hydrogen-bond donors (Lipinski definition) is 2. The number of aliphatic hydroxyl groups excluding tert-OH is 2. The second kappa shape index (κ2) is 9.84. The van der Waals surface area contributed by atoms with Crippen LogP contribution < -0.4 is 9.64 Å². The van der Waals surface area contributed by atoms with Crippen LogP contribution in [0.15, 0.2) is 22.7 Å². The molecule has 9 nitrogen and oxygen atoms in total. The molecule has 1 atom stereocenters. The molecule has 0 saturated heterocycles. The van der Waals surface area contributed by atoms with Crippen LogP contribution in [0.25, 0.3) is 23.0 Å². The summed E-state index contributed by atoms with van der Waals surface area (Å²) in [5, 5.41) is 22.6. The first-order valence-corrected chi connectivity index (χ1v) is 10.3. The van der Waals surface area contributed by atoms with E-state index in [0.717, 1.165) is 35.5 Å². The second-order valence-electron chi connectivity index (χ2n) is 7.38. The van der Waals surface area contributed by atoms with E-state index in [0.29, 0.717) is 29.1 Å². The Labute approximate surface area is 181 Å². The summed E-state index contributed by atoms with van der Waals surface area (Å²) in [6.07, 6.45) is -0.921. The summed E-state index contributed by atoms with van der Waals surface area (Å²) >= 11 is 0. The van der Waals surface area contributed by atoms with E-state index in [4.69, 9.17) is 14.4 Å². The van der Waals surface area contributed by atoms with E-state index in [1.165, 1.54) is 0 Å². The molecule has 0 bridgehead atoms. The van der Waals surface area contributed by atoms with Crippen LogP contribution in [0.1, 0.15) is 30.7 Å². The summed E-state index contributed by atoms with van der Waals surface area (Å²) < 4.78 is 11.2. The van der Waals surface area contributed by atoms with Crippen LogP contribution in [-0.4, -0.2) is 62.7 Å². The average Bonchev–Trinajstić information content (AvgIpc) is 3.24. The van der Waals surface area contributed by atoms with Crippen LogP contribution >= 0.6 is 0 Å². The lowest BCUT2D eigenvalue weighted by Crippen LogP contribution is -2.24. The van der Waals surface area contributed by atoms with Gasteiger partial charge in [-0.25, -0.2) is 9.97 Å². The predicted molar refractivity (Wildman–Crippen MR) is 117 cm³/mol. The van der Waals surface area contributed by atoms with E-state index in [1.807, 2.05) is 39.0 Å². The van der Waals surface area contributed by atoms with Gasteiger partial charge in [-0.2, -0.15) is 4.98 Å². The first kappa shape index (κ1) is 22.6. The molecule has 3 aromatic rings. The van der Waals surface area contributed by atoms with Crippen LogP contribution in [0.3, 0.4) is 0 Å². The fourth-order valence-corrected chi connectivity index (χ4v) is 3.29. The van der Waals surface area contributed by atoms with Crippen molar-refractivity contribution in [1.29, 1.82) is 0 Å². The lowest BCUT2D eigenvalue weighted by Gasteiger charge is -2.18. The first-order valence-electron chi connectivity index (χ1n) is 10.3. The average molecular weight is 428 g/mol. The van der Waals surface area contributed by atoms with E-state index < -0.39 is 6.10 Å². The fourth-order valence-electron chi connectivity index (χ4n) is 3.29. The summed E-state index contributed by atoms with van der Waals surface area (Å²) in [5.41, 5.74) is 3.93. The second-order valence-corrected chi connectivity index (χ2v) is 7.38. The topological polar surface area (TPSA) is 118 Å². The van der Waals surface area contributed by atoms with Gasteiger partial charge in [-0.05, 0) is 63.9 Å². The van der Waals surface area contributed by atoms with Gasteiger partial charge in [0, 0.05) is 24.3 Å². The third-order valence-electron chi connectivity index (χ3n) is 4.88. The van der Waals surface area contributed by atoms with Gasteiger partial charge in [-0.3, -0.25) is 0 Å². The van der Waals surface area contributed by atoms with Crippen LogP contribution in [0.4, 0.5) is 5.95 Å². The van der Waals surface area contributed by atoms with Gasteiger partial charge in [0.05, 0.1) is 6.61 Å². The molecule has 0 aliphatic rings. The Balaban J connectivity index is 1.89. The van der Waals surface area contributed by atoms with Gasteiger partial charge in [0.2, 0.25) is 11.8 Å². The zero-order chi connectivity index (χ0) is 22.5. The fraction of sp³-hybridized carbons (Fsp3) is 0.455. The molecule has 2 aromatic heterocycles. The molecular formula is C22H29N5O4. The maximum absolute atomic E-state index is 9.53. The molecule has 2 heterocycles. The summed E-state index contributed by atoms with van der Waals surface area (Å²) in [5.74, 6) is 2.08. The number of aromatic nitrogens is 4. The summed E-state index contributed by atoms with van der Waals surface area (Å²) in [4.78, 5) is 15.7. The van der Waals surface area contributed by atoms with Gasteiger partial charge in [0.15, 0.2) is 0 Å². The number of hydrogen-bond acceptors (Lipinski definition) is 9. The highest BCUT2D eigenvalue weighted by atomic mass is 16.5. The van der Waals surface area contributed by atoms with E-state index >= 15 is 0 Å². The summed E-state index contributed by atoms with van der Waals surface area (Å²) in [6.45, 7) is 11.1. The van der Waals surface area contributed by atoms with Crippen molar-refractivity contribution in [2.45, 2.75) is 40.7 Å². The maximum Gasteiger partial charge on any atom is 0.277 e. The third kappa shape index (κ3) is 5.18. The molecule has 1 aromatic carbocycles. The molecule has 166 valence electrons. The summed E-state index contributed by atoms with van der Waals surface area (Å²) in [6, 6.07) is 5.62. The van der Waals surface area contributed by atoms with E-state index in [9.17, 15) is 5.11 Å². The summed E-state index contributed by atoms with van der Waals surface area (Å²) in [7, 11) is 0. The Morgan fingerprint density at radius 2 is 1.71 bits per heavy atom. The largest absolute Gasteiger partial charge is 0.490 e. The Bertz CT molecular complexity index is 1010. The third-order valence-corrected chi connectivity index (χ3v) is 4.88. The zero-order valence-corrected chi connectivity index (χ0v) is 18.6. The van der Waals surface area contributed by atoms with Crippen molar-refractivity contribution in [3.8, 4) is 28.7 Å². The SMILES string of the molecule is CCN(CC)c1nc(C)cc(-c2nc(-c3cc(C)c(OC[C@@H](O)CO)c(C)c3)no2)n1. The number of ether oxygens (including phenoxy) is 1. The van der Waals surface area contributed by atoms with Crippen molar-refractivity contribution in [1.82, 2.24) is 20.1 Å². The van der Waals surface area contributed by atoms with Crippen LogP contribution in [0, 0.1) is 20.8 Å². The lowest BCUT2D eigenvalue weighted by molar-refractivity contribution is 0.0532.